The third-order valence-corrected chi connectivity index (χ3v) is 5.32. The molecule has 2 unspecified atom stereocenters. The molecule has 1 N–H and O–H groups in total. The highest BCUT2D eigenvalue weighted by Crippen LogP contribution is 2.29. The number of nitrogens with one attached hydrogen (secondary N) is 1. The Labute approximate surface area is 169 Å². The van der Waals surface area contributed by atoms with Crippen LogP contribution in [0.2, 0.25) is 0 Å². The van der Waals surface area contributed by atoms with Crippen LogP contribution in [0.15, 0.2) is 66.7 Å². The van der Waals surface area contributed by atoms with Gasteiger partial charge in [0.2, 0.25) is 0 Å². The Bertz CT molecular complexity index is 811. The fourth-order valence-electron chi connectivity index (χ4n) is 2.79. The van der Waals surface area contributed by atoms with Gasteiger partial charge in [0.05, 0.1) is 11.9 Å². The average molecular weight is 397 g/mol. The predicted molar refractivity (Wildman–Crippen MR) is 113 cm³/mol. The lowest BCUT2D eigenvalue weighted by molar-refractivity contribution is -0.165. The number of amides is 2. The smallest absolute Gasteiger partial charge is 0.308 e. The van der Waals surface area contributed by atoms with Crippen molar-refractivity contribution in [2.75, 3.05) is 13.2 Å². The van der Waals surface area contributed by atoms with E-state index < -0.39 is 5.25 Å². The van der Waals surface area contributed by atoms with Gasteiger partial charge in [0, 0.05) is 12.6 Å². The van der Waals surface area contributed by atoms with E-state index in [-0.39, 0.29) is 23.8 Å². The molecule has 0 saturated carbocycles. The topological polar surface area (TPSA) is 58.6 Å². The number of hydrogen-bond donors (Lipinski definition) is 1. The SMILES string of the molecule is CC(CON1C(=O)SC(Cc2ccccc2)C1=O)NCC=Cc1ccccc1. The molecular weight excluding hydrogens is 372 g/mol. The summed E-state index contributed by atoms with van der Waals surface area (Å²) in [6.07, 6.45) is 4.59. The molecule has 0 aliphatic carbocycles. The molecule has 1 heterocycles. The minimum absolute atomic E-state index is 0.000744. The van der Waals surface area contributed by atoms with Crippen LogP contribution in [0.4, 0.5) is 4.79 Å². The van der Waals surface area contributed by atoms with Gasteiger partial charge in [0.15, 0.2) is 0 Å². The van der Waals surface area contributed by atoms with E-state index in [0.29, 0.717) is 13.0 Å². The van der Waals surface area contributed by atoms with E-state index in [9.17, 15) is 9.59 Å². The maximum absolute atomic E-state index is 12.5. The van der Waals surface area contributed by atoms with Gasteiger partial charge in [-0.15, -0.1) is 5.06 Å². The first kappa shape index (κ1) is 20.3. The molecule has 2 atom stereocenters. The molecule has 6 heteroatoms. The largest absolute Gasteiger partial charge is 0.313 e. The molecule has 1 aliphatic heterocycles. The number of benzene rings is 2. The second-order valence-corrected chi connectivity index (χ2v) is 7.77. The van der Waals surface area contributed by atoms with Gasteiger partial charge in [0.25, 0.3) is 5.91 Å². The Morgan fingerprint density at radius 3 is 2.50 bits per heavy atom. The molecule has 28 heavy (non-hydrogen) atoms. The van der Waals surface area contributed by atoms with E-state index in [1.165, 1.54) is 0 Å². The van der Waals surface area contributed by atoms with Gasteiger partial charge in [-0.1, -0.05) is 72.8 Å². The molecule has 0 bridgehead atoms. The molecule has 0 spiro atoms. The Morgan fingerprint density at radius 1 is 1.11 bits per heavy atom. The summed E-state index contributed by atoms with van der Waals surface area (Å²) in [5.41, 5.74) is 2.17. The molecule has 1 aliphatic rings. The fourth-order valence-corrected chi connectivity index (χ4v) is 3.74. The van der Waals surface area contributed by atoms with Crippen molar-refractivity contribution in [3.63, 3.8) is 0 Å². The molecule has 0 radical (unpaired) electrons. The zero-order valence-electron chi connectivity index (χ0n) is 15.8. The second-order valence-electron chi connectivity index (χ2n) is 6.61. The minimum Gasteiger partial charge on any atom is -0.308 e. The lowest BCUT2D eigenvalue weighted by Gasteiger charge is -2.17. The van der Waals surface area contributed by atoms with Gasteiger partial charge in [-0.25, -0.2) is 0 Å². The van der Waals surface area contributed by atoms with Crippen LogP contribution in [0.3, 0.4) is 0 Å². The number of imide groups is 1. The molecule has 2 aromatic rings. The van der Waals surface area contributed by atoms with E-state index in [1.807, 2.05) is 79.7 Å². The third kappa shape index (κ3) is 5.79. The van der Waals surface area contributed by atoms with Gasteiger partial charge >= 0.3 is 5.24 Å². The lowest BCUT2D eigenvalue weighted by Crippen LogP contribution is -2.38. The summed E-state index contributed by atoms with van der Waals surface area (Å²) < 4.78 is 0. The van der Waals surface area contributed by atoms with Crippen molar-refractivity contribution < 1.29 is 14.4 Å². The number of rotatable bonds is 9. The highest BCUT2D eigenvalue weighted by molar-refractivity contribution is 8.15. The fraction of sp³-hybridized carbons (Fsp3) is 0.273. The first-order chi connectivity index (χ1) is 13.6. The summed E-state index contributed by atoms with van der Waals surface area (Å²) in [6, 6.07) is 19.7. The van der Waals surface area contributed by atoms with Gasteiger partial charge in [0.1, 0.15) is 0 Å². The molecule has 3 rings (SSSR count). The van der Waals surface area contributed by atoms with Gasteiger partial charge in [-0.05, 0) is 36.2 Å². The number of hydroxylamine groups is 2. The molecule has 1 saturated heterocycles. The monoisotopic (exact) mass is 396 g/mol. The van der Waals surface area contributed by atoms with Crippen molar-refractivity contribution >= 4 is 29.0 Å². The summed E-state index contributed by atoms with van der Waals surface area (Å²) >= 11 is 1.03. The Balaban J connectivity index is 1.41. The molecule has 2 aromatic carbocycles. The van der Waals surface area contributed by atoms with Gasteiger partial charge in [-0.3, -0.25) is 14.4 Å². The second kappa shape index (κ2) is 10.2. The first-order valence-electron chi connectivity index (χ1n) is 9.30. The number of nitrogens with zero attached hydrogens (tertiary/aromatic N) is 1. The zero-order valence-corrected chi connectivity index (χ0v) is 16.6. The average Bonchev–Trinajstić information content (AvgIpc) is 2.98. The van der Waals surface area contributed by atoms with Crippen molar-refractivity contribution in [1.29, 1.82) is 0 Å². The normalized spacial score (nSPS) is 18.2. The Hall–Kier alpha value is -2.41. The van der Waals surface area contributed by atoms with Gasteiger partial charge < -0.3 is 5.32 Å². The van der Waals surface area contributed by atoms with E-state index in [1.54, 1.807) is 0 Å². The van der Waals surface area contributed by atoms with Crippen LogP contribution in [0.25, 0.3) is 6.08 Å². The Morgan fingerprint density at radius 2 is 1.79 bits per heavy atom. The number of carbonyl (C=O) groups excluding carboxylic acids is 2. The summed E-state index contributed by atoms with van der Waals surface area (Å²) in [6.45, 7) is 2.87. The van der Waals surface area contributed by atoms with E-state index in [4.69, 9.17) is 4.84 Å². The van der Waals surface area contributed by atoms with Crippen LogP contribution in [-0.2, 0) is 16.1 Å². The standard InChI is InChI=1S/C22H24N2O3S/c1-17(23-14-8-13-18-9-4-2-5-10-18)16-27-24-21(25)20(28-22(24)26)15-19-11-6-3-7-12-19/h2-13,17,20,23H,14-16H2,1H3. The molecule has 5 nitrogen and oxygen atoms in total. The van der Waals surface area contributed by atoms with Crippen LogP contribution in [0.1, 0.15) is 18.1 Å². The van der Waals surface area contributed by atoms with Crippen molar-refractivity contribution in [3.8, 4) is 0 Å². The number of thioether (sulfide) groups is 1. The molecule has 146 valence electrons. The zero-order chi connectivity index (χ0) is 19.8. The Kier molecular flexibility index (Phi) is 7.42. The molecule has 1 fully saturated rings. The van der Waals surface area contributed by atoms with Crippen molar-refractivity contribution in [1.82, 2.24) is 10.4 Å². The van der Waals surface area contributed by atoms with Crippen LogP contribution in [0.5, 0.6) is 0 Å². The minimum atomic E-state index is -0.424. The maximum Gasteiger partial charge on any atom is 0.313 e. The van der Waals surface area contributed by atoms with Crippen LogP contribution in [0, 0.1) is 0 Å². The highest BCUT2D eigenvalue weighted by Gasteiger charge is 2.41. The maximum atomic E-state index is 12.5. The first-order valence-corrected chi connectivity index (χ1v) is 10.2. The lowest BCUT2D eigenvalue weighted by atomic mass is 10.1. The van der Waals surface area contributed by atoms with Crippen LogP contribution >= 0.6 is 11.8 Å². The summed E-state index contributed by atoms with van der Waals surface area (Å²) in [4.78, 5) is 30.1. The van der Waals surface area contributed by atoms with E-state index in [2.05, 4.69) is 5.32 Å². The van der Waals surface area contributed by atoms with Crippen molar-refractivity contribution in [2.45, 2.75) is 24.6 Å². The van der Waals surface area contributed by atoms with Crippen molar-refractivity contribution in [2.24, 2.45) is 0 Å². The quantitative estimate of drug-likeness (QED) is 0.696. The summed E-state index contributed by atoms with van der Waals surface area (Å²) in [5.74, 6) is -0.282. The predicted octanol–water partition coefficient (Wildman–Crippen LogP) is 3.92. The summed E-state index contributed by atoms with van der Waals surface area (Å²) in [5, 5.41) is 3.43. The molecule has 0 aromatic heterocycles. The summed E-state index contributed by atoms with van der Waals surface area (Å²) in [7, 11) is 0. The number of hydrogen-bond acceptors (Lipinski definition) is 5. The molecule has 2 amide bonds. The highest BCUT2D eigenvalue weighted by atomic mass is 32.2. The van der Waals surface area contributed by atoms with Gasteiger partial charge in [-0.2, -0.15) is 0 Å². The van der Waals surface area contributed by atoms with Crippen molar-refractivity contribution in [3.05, 3.63) is 77.9 Å². The molecular formula is C22H24N2O3S. The number of carbonyl (C=O) groups is 2. The third-order valence-electron chi connectivity index (χ3n) is 4.30. The van der Waals surface area contributed by atoms with Crippen LogP contribution in [-0.4, -0.2) is 40.7 Å². The van der Waals surface area contributed by atoms with E-state index in [0.717, 1.165) is 28.0 Å². The van der Waals surface area contributed by atoms with E-state index >= 15 is 0 Å². The van der Waals surface area contributed by atoms with Crippen LogP contribution < -0.4 is 5.32 Å².